The molecule has 1 fully saturated rings. The van der Waals surface area contributed by atoms with Crippen LogP contribution in [0.1, 0.15) is 28.9 Å². The zero-order chi connectivity index (χ0) is 28.6. The molecule has 0 saturated carbocycles. The van der Waals surface area contributed by atoms with Crippen molar-refractivity contribution in [3.05, 3.63) is 75.0 Å². The molecule has 1 aliphatic rings. The van der Waals surface area contributed by atoms with Crippen LogP contribution in [0.25, 0.3) is 11.0 Å². The van der Waals surface area contributed by atoms with Crippen LogP contribution in [-0.2, 0) is 13.6 Å². The Morgan fingerprint density at radius 2 is 1.93 bits per heavy atom. The van der Waals surface area contributed by atoms with E-state index in [2.05, 4.69) is 20.6 Å². The number of carbonyl (C=O) groups excluding carboxylic acids is 1. The van der Waals surface area contributed by atoms with E-state index >= 15 is 0 Å². The maximum atomic E-state index is 13.4. The van der Waals surface area contributed by atoms with Crippen LogP contribution in [0, 0.1) is 5.92 Å². The fraction of sp³-hybridized carbons (Fsp3) is 0.296. The van der Waals surface area contributed by atoms with Crippen molar-refractivity contribution in [2.24, 2.45) is 13.0 Å². The third kappa shape index (κ3) is 5.80. The number of nitrogens with zero attached hydrogens (tertiary/aromatic N) is 4. The number of fused-ring (bicyclic) bond motifs is 1. The summed E-state index contributed by atoms with van der Waals surface area (Å²) in [7, 11) is 1.77. The highest BCUT2D eigenvalue weighted by Gasteiger charge is 2.42. The van der Waals surface area contributed by atoms with Gasteiger partial charge in [-0.1, -0.05) is 46.9 Å². The van der Waals surface area contributed by atoms with Crippen LogP contribution in [0.2, 0.25) is 15.1 Å². The van der Waals surface area contributed by atoms with Gasteiger partial charge in [-0.3, -0.25) is 9.78 Å². The van der Waals surface area contributed by atoms with Gasteiger partial charge in [-0.05, 0) is 48.7 Å². The number of imidazole rings is 1. The highest BCUT2D eigenvalue weighted by molar-refractivity contribution is 6.39. The number of amides is 1. The molecule has 0 radical (unpaired) electrons. The number of aromatic nitrogens is 3. The van der Waals surface area contributed by atoms with Crippen LogP contribution in [0.3, 0.4) is 0 Å². The summed E-state index contributed by atoms with van der Waals surface area (Å²) >= 11 is 19.7. The van der Waals surface area contributed by atoms with E-state index in [1.54, 1.807) is 59.0 Å². The Bertz CT molecular complexity index is 1560. The van der Waals surface area contributed by atoms with Crippen LogP contribution >= 0.6 is 34.8 Å². The lowest BCUT2D eigenvalue weighted by Gasteiger charge is -2.35. The first kappa shape index (κ1) is 28.3. The predicted molar refractivity (Wildman–Crippen MR) is 152 cm³/mol. The highest BCUT2D eigenvalue weighted by atomic mass is 35.5. The Hall–Kier alpha value is -3.21. The van der Waals surface area contributed by atoms with Crippen molar-refractivity contribution in [2.75, 3.05) is 23.3 Å². The van der Waals surface area contributed by atoms with Crippen molar-refractivity contribution in [1.29, 1.82) is 0 Å². The van der Waals surface area contributed by atoms with Crippen molar-refractivity contribution in [3.63, 3.8) is 0 Å². The van der Waals surface area contributed by atoms with Gasteiger partial charge in [0, 0.05) is 32.9 Å². The highest BCUT2D eigenvalue weighted by Crippen LogP contribution is 2.40. The van der Waals surface area contributed by atoms with Gasteiger partial charge in [0.1, 0.15) is 5.69 Å². The summed E-state index contributed by atoms with van der Waals surface area (Å²) in [5, 5.41) is 6.90. The number of aryl methyl sites for hydroxylation is 1. The molecule has 1 aliphatic heterocycles. The molecule has 1 saturated heterocycles. The van der Waals surface area contributed by atoms with E-state index < -0.39 is 12.1 Å². The Morgan fingerprint density at radius 3 is 2.65 bits per heavy atom. The zero-order valence-electron chi connectivity index (χ0n) is 21.2. The quantitative estimate of drug-likeness (QED) is 0.238. The number of nitrogens with one attached hydrogen (secondary N) is 2. The molecule has 13 heteroatoms. The first-order chi connectivity index (χ1) is 19.0. The Morgan fingerprint density at radius 1 is 1.12 bits per heavy atom. The molecule has 210 valence electrons. The third-order valence-electron chi connectivity index (χ3n) is 6.92. The number of carbonyl (C=O) groups is 1. The van der Waals surface area contributed by atoms with Gasteiger partial charge in [0.15, 0.2) is 0 Å². The minimum Gasteiger partial charge on any atom is -0.370 e. The maximum absolute atomic E-state index is 13.4. The van der Waals surface area contributed by atoms with Crippen molar-refractivity contribution < 1.29 is 18.0 Å². The van der Waals surface area contributed by atoms with Crippen LogP contribution in [0.5, 0.6) is 0 Å². The van der Waals surface area contributed by atoms with Gasteiger partial charge in [0.05, 0.1) is 43.4 Å². The van der Waals surface area contributed by atoms with Gasteiger partial charge >= 0.3 is 6.18 Å². The minimum atomic E-state index is -4.26. The Kier molecular flexibility index (Phi) is 8.03. The van der Waals surface area contributed by atoms with E-state index in [1.807, 2.05) is 0 Å². The first-order valence-corrected chi connectivity index (χ1v) is 13.6. The SMILES string of the molecule is Cn1c(Nc2c(Cl)ccc(CNC(=O)c3ccccn3)c2Cl)nc2cc(Cl)c(N3CCCC(C(F)(F)F)C3)cc21. The Labute approximate surface area is 243 Å². The van der Waals surface area contributed by atoms with Crippen LogP contribution in [0.4, 0.5) is 30.5 Å². The standard InChI is InChI=1S/C27H24Cl3F3N6O/c1-38-22-12-21(39-10-4-5-16(14-39)27(31,32)33)18(29)11-20(22)36-26(38)37-24-17(28)8-7-15(23(24)30)13-35-25(40)19-6-2-3-9-34-19/h2-3,6-9,11-12,16H,4-5,10,13-14H2,1H3,(H,35,40)(H,36,37). The van der Waals surface area contributed by atoms with Gasteiger partial charge < -0.3 is 20.1 Å². The molecule has 2 aromatic carbocycles. The second-order valence-corrected chi connectivity index (χ2v) is 10.7. The van der Waals surface area contributed by atoms with Crippen LogP contribution in [-0.4, -0.2) is 39.7 Å². The molecular formula is C27H24Cl3F3N6O. The number of hydrogen-bond acceptors (Lipinski definition) is 5. The topological polar surface area (TPSA) is 75.1 Å². The molecule has 4 aromatic rings. The van der Waals surface area contributed by atoms with E-state index in [0.717, 1.165) is 0 Å². The number of rotatable bonds is 6. The number of hydrogen-bond donors (Lipinski definition) is 2. The average molecular weight is 612 g/mol. The van der Waals surface area contributed by atoms with Gasteiger partial charge in [-0.15, -0.1) is 0 Å². The summed E-state index contributed by atoms with van der Waals surface area (Å²) in [4.78, 5) is 22.7. The molecule has 0 aliphatic carbocycles. The van der Waals surface area contributed by atoms with Crippen molar-refractivity contribution >= 4 is 69.1 Å². The molecule has 1 unspecified atom stereocenters. The monoisotopic (exact) mass is 610 g/mol. The third-order valence-corrected chi connectivity index (χ3v) is 7.97. The average Bonchev–Trinajstić information content (AvgIpc) is 3.23. The molecular weight excluding hydrogens is 588 g/mol. The van der Waals surface area contributed by atoms with Crippen LogP contribution < -0.4 is 15.5 Å². The second kappa shape index (κ2) is 11.3. The lowest BCUT2D eigenvalue weighted by Crippen LogP contribution is -2.41. The fourth-order valence-electron chi connectivity index (χ4n) is 4.74. The number of benzene rings is 2. The number of alkyl halides is 3. The number of anilines is 3. The van der Waals surface area contributed by atoms with E-state index in [-0.39, 0.29) is 31.1 Å². The smallest absolute Gasteiger partial charge is 0.370 e. The van der Waals surface area contributed by atoms with Crippen molar-refractivity contribution in [1.82, 2.24) is 19.9 Å². The molecule has 3 heterocycles. The van der Waals surface area contributed by atoms with E-state index in [1.165, 1.54) is 6.20 Å². The summed E-state index contributed by atoms with van der Waals surface area (Å²) in [6, 6.07) is 11.8. The van der Waals surface area contributed by atoms with E-state index in [9.17, 15) is 18.0 Å². The van der Waals surface area contributed by atoms with Crippen molar-refractivity contribution in [3.8, 4) is 0 Å². The molecule has 7 nitrogen and oxygen atoms in total. The summed E-state index contributed by atoms with van der Waals surface area (Å²) in [6.07, 6.45) is -2.20. The summed E-state index contributed by atoms with van der Waals surface area (Å²) in [5.41, 5.74) is 3.03. The molecule has 1 amide bonds. The van der Waals surface area contributed by atoms with E-state index in [0.29, 0.717) is 62.0 Å². The van der Waals surface area contributed by atoms with Crippen molar-refractivity contribution in [2.45, 2.75) is 25.6 Å². The maximum Gasteiger partial charge on any atom is 0.393 e. The fourth-order valence-corrected chi connectivity index (χ4v) is 5.55. The minimum absolute atomic E-state index is 0.104. The van der Waals surface area contributed by atoms with Gasteiger partial charge in [-0.2, -0.15) is 13.2 Å². The summed E-state index contributed by atoms with van der Waals surface area (Å²) in [5.74, 6) is -1.35. The largest absolute Gasteiger partial charge is 0.393 e. The number of pyridine rings is 1. The zero-order valence-corrected chi connectivity index (χ0v) is 23.5. The normalized spacial score (nSPS) is 15.9. The lowest BCUT2D eigenvalue weighted by molar-refractivity contribution is -0.175. The molecule has 40 heavy (non-hydrogen) atoms. The molecule has 5 rings (SSSR count). The van der Waals surface area contributed by atoms with Gasteiger partial charge in [0.25, 0.3) is 5.91 Å². The number of piperidine rings is 1. The summed E-state index contributed by atoms with van der Waals surface area (Å²) < 4.78 is 41.9. The van der Waals surface area contributed by atoms with Gasteiger partial charge in [-0.25, -0.2) is 4.98 Å². The Balaban J connectivity index is 1.39. The van der Waals surface area contributed by atoms with Crippen LogP contribution in [0.15, 0.2) is 48.7 Å². The molecule has 0 spiro atoms. The molecule has 0 bridgehead atoms. The lowest BCUT2D eigenvalue weighted by atomic mass is 9.97. The first-order valence-electron chi connectivity index (χ1n) is 12.4. The summed E-state index contributed by atoms with van der Waals surface area (Å²) in [6.45, 7) is 0.471. The predicted octanol–water partition coefficient (Wildman–Crippen LogP) is 7.38. The molecule has 2 aromatic heterocycles. The molecule has 1 atom stereocenters. The second-order valence-electron chi connectivity index (χ2n) is 9.53. The van der Waals surface area contributed by atoms with E-state index in [4.69, 9.17) is 34.8 Å². The van der Waals surface area contributed by atoms with Gasteiger partial charge in [0.2, 0.25) is 5.95 Å². The molecule has 2 N–H and O–H groups in total. The number of halogens is 6.